The van der Waals surface area contributed by atoms with Gasteiger partial charge in [-0.1, -0.05) is 35.9 Å². The molecule has 0 bridgehead atoms. The van der Waals surface area contributed by atoms with E-state index < -0.39 is 6.04 Å². The summed E-state index contributed by atoms with van der Waals surface area (Å²) < 4.78 is 6.81. The maximum atomic E-state index is 13.9. The minimum Gasteiger partial charge on any atom is -0.507 e. The Morgan fingerprint density at radius 3 is 2.43 bits per heavy atom. The lowest BCUT2D eigenvalue weighted by molar-refractivity contribution is 0.0709. The van der Waals surface area contributed by atoms with E-state index in [0.29, 0.717) is 50.6 Å². The van der Waals surface area contributed by atoms with Gasteiger partial charge in [0.15, 0.2) is 0 Å². The summed E-state index contributed by atoms with van der Waals surface area (Å²) in [5, 5.41) is 11.0. The zero-order valence-electron chi connectivity index (χ0n) is 20.5. The van der Waals surface area contributed by atoms with Crippen LogP contribution in [0.2, 0.25) is 0 Å². The topological polar surface area (TPSA) is 87.9 Å². The Kier molecular flexibility index (Phi) is 7.51. The first kappa shape index (κ1) is 24.5. The number of pyridine rings is 2. The van der Waals surface area contributed by atoms with E-state index in [1.165, 1.54) is 0 Å². The highest BCUT2D eigenvalue weighted by atomic mass is 16.6. The van der Waals surface area contributed by atoms with Gasteiger partial charge in [0.25, 0.3) is 5.56 Å². The van der Waals surface area contributed by atoms with E-state index >= 15 is 0 Å². The maximum absolute atomic E-state index is 13.9. The molecular formula is C27H32N4O4. The molecule has 1 fully saturated rings. The SMILES string of the molecule is CCOC(=O)N1CCN([C@@H](c2ccc(C)cc2)c2c(O)cc(C)n(Cc3ccccn3)c2=O)CC1. The molecule has 0 spiro atoms. The Morgan fingerprint density at radius 2 is 1.80 bits per heavy atom. The number of hydrogen-bond donors (Lipinski definition) is 1. The second kappa shape index (κ2) is 10.7. The number of piperazine rings is 1. The van der Waals surface area contributed by atoms with Crippen LogP contribution in [-0.2, 0) is 11.3 Å². The highest BCUT2D eigenvalue weighted by Crippen LogP contribution is 2.33. The highest BCUT2D eigenvalue weighted by Gasteiger charge is 2.32. The minimum absolute atomic E-state index is 0.0248. The second-order valence-corrected chi connectivity index (χ2v) is 8.83. The summed E-state index contributed by atoms with van der Waals surface area (Å²) in [5.74, 6) is -0.0248. The Morgan fingerprint density at radius 1 is 1.09 bits per heavy atom. The molecule has 184 valence electrons. The van der Waals surface area contributed by atoms with E-state index in [2.05, 4.69) is 9.88 Å². The van der Waals surface area contributed by atoms with E-state index in [4.69, 9.17) is 4.74 Å². The van der Waals surface area contributed by atoms with Crippen molar-refractivity contribution in [1.82, 2.24) is 19.4 Å². The lowest BCUT2D eigenvalue weighted by Crippen LogP contribution is -2.50. The molecule has 0 saturated carbocycles. The molecule has 0 aliphatic carbocycles. The lowest BCUT2D eigenvalue weighted by atomic mass is 9.95. The predicted octanol–water partition coefficient (Wildman–Crippen LogP) is 3.48. The van der Waals surface area contributed by atoms with E-state index in [9.17, 15) is 14.7 Å². The van der Waals surface area contributed by atoms with Crippen LogP contribution in [0.25, 0.3) is 0 Å². The van der Waals surface area contributed by atoms with Crippen LogP contribution >= 0.6 is 0 Å². The molecule has 3 aromatic rings. The van der Waals surface area contributed by atoms with Crippen molar-refractivity contribution in [2.75, 3.05) is 32.8 Å². The summed E-state index contributed by atoms with van der Waals surface area (Å²) in [4.78, 5) is 34.3. The van der Waals surface area contributed by atoms with Gasteiger partial charge in [-0.05, 0) is 44.5 Å². The molecule has 1 N–H and O–H groups in total. The van der Waals surface area contributed by atoms with Gasteiger partial charge < -0.3 is 19.3 Å². The van der Waals surface area contributed by atoms with E-state index in [1.54, 1.807) is 28.7 Å². The third kappa shape index (κ3) is 5.38. The number of aromatic hydroxyl groups is 1. The van der Waals surface area contributed by atoms with Crippen molar-refractivity contribution in [1.29, 1.82) is 0 Å². The number of carbonyl (C=O) groups excluding carboxylic acids is 1. The van der Waals surface area contributed by atoms with Crippen LogP contribution in [0.3, 0.4) is 0 Å². The molecule has 8 nitrogen and oxygen atoms in total. The second-order valence-electron chi connectivity index (χ2n) is 8.83. The molecule has 1 saturated heterocycles. The van der Waals surface area contributed by atoms with Gasteiger partial charge >= 0.3 is 6.09 Å². The van der Waals surface area contributed by atoms with Gasteiger partial charge in [0.2, 0.25) is 0 Å². The molecule has 1 atom stereocenters. The van der Waals surface area contributed by atoms with Gasteiger partial charge in [0, 0.05) is 38.1 Å². The van der Waals surface area contributed by atoms with Gasteiger partial charge in [-0.25, -0.2) is 4.79 Å². The lowest BCUT2D eigenvalue weighted by Gasteiger charge is -2.39. The molecule has 4 rings (SSSR count). The molecule has 0 radical (unpaired) electrons. The molecule has 1 aliphatic heterocycles. The molecule has 1 aromatic carbocycles. The first-order valence-electron chi connectivity index (χ1n) is 11.9. The van der Waals surface area contributed by atoms with Crippen molar-refractivity contribution < 1.29 is 14.6 Å². The first-order chi connectivity index (χ1) is 16.9. The van der Waals surface area contributed by atoms with Crippen LogP contribution in [0.15, 0.2) is 59.5 Å². The van der Waals surface area contributed by atoms with E-state index in [1.807, 2.05) is 56.3 Å². The number of nitrogens with zero attached hydrogens (tertiary/aromatic N) is 4. The molecule has 2 aromatic heterocycles. The van der Waals surface area contributed by atoms with Crippen LogP contribution in [-0.4, -0.2) is 63.3 Å². The van der Waals surface area contributed by atoms with Gasteiger partial charge in [-0.2, -0.15) is 0 Å². The Hall–Kier alpha value is -3.65. The van der Waals surface area contributed by atoms with Crippen LogP contribution in [0.4, 0.5) is 4.79 Å². The van der Waals surface area contributed by atoms with Crippen molar-refractivity contribution in [3.63, 3.8) is 0 Å². The maximum Gasteiger partial charge on any atom is 0.409 e. The van der Waals surface area contributed by atoms with E-state index in [-0.39, 0.29) is 17.4 Å². The smallest absolute Gasteiger partial charge is 0.409 e. The largest absolute Gasteiger partial charge is 0.507 e. The van der Waals surface area contributed by atoms with Gasteiger partial charge in [-0.3, -0.25) is 14.7 Å². The summed E-state index contributed by atoms with van der Waals surface area (Å²) in [6.07, 6.45) is 1.38. The van der Waals surface area contributed by atoms with Crippen LogP contribution in [0, 0.1) is 13.8 Å². The van der Waals surface area contributed by atoms with Gasteiger partial charge in [0.05, 0.1) is 30.5 Å². The average Bonchev–Trinajstić information content (AvgIpc) is 2.86. The number of rotatable bonds is 6. The Balaban J connectivity index is 1.74. The van der Waals surface area contributed by atoms with Crippen LogP contribution in [0.1, 0.15) is 41.0 Å². The highest BCUT2D eigenvalue weighted by molar-refractivity contribution is 5.67. The first-order valence-corrected chi connectivity index (χ1v) is 11.9. The normalized spacial score (nSPS) is 15.1. The fourth-order valence-corrected chi connectivity index (χ4v) is 4.56. The van der Waals surface area contributed by atoms with Crippen LogP contribution in [0.5, 0.6) is 5.75 Å². The summed E-state index contributed by atoms with van der Waals surface area (Å²) in [7, 11) is 0. The number of hydrogen-bond acceptors (Lipinski definition) is 6. The summed E-state index contributed by atoms with van der Waals surface area (Å²) in [5.41, 5.74) is 3.55. The van der Waals surface area contributed by atoms with Crippen LogP contribution < -0.4 is 5.56 Å². The molecular weight excluding hydrogens is 444 g/mol. The zero-order chi connectivity index (χ0) is 24.9. The van der Waals surface area contributed by atoms with Crippen molar-refractivity contribution in [2.45, 2.75) is 33.4 Å². The fraction of sp³-hybridized carbons (Fsp3) is 0.370. The number of aromatic nitrogens is 2. The molecule has 3 heterocycles. The number of benzene rings is 1. The molecule has 1 amide bonds. The summed E-state index contributed by atoms with van der Waals surface area (Å²) in [6.45, 7) is 8.32. The minimum atomic E-state index is -0.456. The summed E-state index contributed by atoms with van der Waals surface area (Å²) >= 11 is 0. The number of amides is 1. The van der Waals surface area contributed by atoms with Crippen molar-refractivity contribution in [2.24, 2.45) is 0 Å². The van der Waals surface area contributed by atoms with E-state index in [0.717, 1.165) is 16.8 Å². The number of ether oxygens (including phenoxy) is 1. The average molecular weight is 477 g/mol. The number of aryl methyl sites for hydroxylation is 2. The van der Waals surface area contributed by atoms with Gasteiger partial charge in [0.1, 0.15) is 5.75 Å². The molecule has 1 aliphatic rings. The third-order valence-corrected chi connectivity index (χ3v) is 6.44. The predicted molar refractivity (Wildman–Crippen MR) is 134 cm³/mol. The Labute approximate surface area is 205 Å². The van der Waals surface area contributed by atoms with Crippen molar-refractivity contribution in [3.8, 4) is 5.75 Å². The third-order valence-electron chi connectivity index (χ3n) is 6.44. The zero-order valence-corrected chi connectivity index (χ0v) is 20.5. The quantitative estimate of drug-likeness (QED) is 0.586. The molecule has 35 heavy (non-hydrogen) atoms. The number of carbonyl (C=O) groups is 1. The molecule has 0 unspecified atom stereocenters. The monoisotopic (exact) mass is 476 g/mol. The standard InChI is InChI=1S/C27H32N4O4/c1-4-35-27(34)30-15-13-29(14-16-30)25(21-10-8-19(2)9-11-21)24-23(32)17-20(3)31(26(24)33)18-22-7-5-6-12-28-22/h5-12,17,25,32H,4,13-16,18H2,1-3H3/t25-/m0/s1. The van der Waals surface area contributed by atoms with Crippen molar-refractivity contribution >= 4 is 6.09 Å². The molecule has 8 heteroatoms. The Bertz CT molecular complexity index is 1220. The fourth-order valence-electron chi connectivity index (χ4n) is 4.56. The van der Waals surface area contributed by atoms with Gasteiger partial charge in [-0.15, -0.1) is 0 Å². The van der Waals surface area contributed by atoms with Crippen molar-refractivity contribution in [3.05, 3.63) is 93.2 Å². The summed E-state index contributed by atoms with van der Waals surface area (Å²) in [6, 6.07) is 14.8.